The molecule has 17 heavy (non-hydrogen) atoms. The lowest BCUT2D eigenvalue weighted by molar-refractivity contribution is 0.578. The van der Waals surface area contributed by atoms with E-state index in [-0.39, 0.29) is 5.75 Å². The first-order valence-electron chi connectivity index (χ1n) is 5.71. The van der Waals surface area contributed by atoms with Crippen LogP contribution >= 0.6 is 15.9 Å². The summed E-state index contributed by atoms with van der Waals surface area (Å²) in [6, 6.07) is 9.66. The molecule has 0 saturated heterocycles. The third kappa shape index (κ3) is 6.81. The fourth-order valence-electron chi connectivity index (χ4n) is 1.42. The van der Waals surface area contributed by atoms with E-state index in [4.69, 9.17) is 0 Å². The van der Waals surface area contributed by atoms with Gasteiger partial charge in [-0.3, -0.25) is 0 Å². The Labute approximate surface area is 112 Å². The monoisotopic (exact) mass is 319 g/mol. The van der Waals surface area contributed by atoms with Crippen molar-refractivity contribution in [3.63, 3.8) is 0 Å². The van der Waals surface area contributed by atoms with Gasteiger partial charge in [0.05, 0.1) is 5.75 Å². The third-order valence-corrected chi connectivity index (χ3v) is 4.33. The van der Waals surface area contributed by atoms with Crippen molar-refractivity contribution in [2.75, 3.05) is 17.6 Å². The van der Waals surface area contributed by atoms with Crippen molar-refractivity contribution < 1.29 is 8.42 Å². The lowest BCUT2D eigenvalue weighted by Gasteiger charge is -2.06. The number of benzene rings is 1. The normalized spacial score (nSPS) is 11.6. The number of unbranched alkanes of at least 4 members (excludes halogenated alkanes) is 1. The average molecular weight is 320 g/mol. The average Bonchev–Trinajstić information content (AvgIpc) is 2.34. The van der Waals surface area contributed by atoms with Crippen LogP contribution in [0.25, 0.3) is 0 Å². The zero-order valence-corrected chi connectivity index (χ0v) is 12.1. The first-order valence-corrected chi connectivity index (χ1v) is 8.48. The van der Waals surface area contributed by atoms with Crippen molar-refractivity contribution in [1.82, 2.24) is 4.72 Å². The van der Waals surface area contributed by atoms with Gasteiger partial charge in [-0.15, -0.1) is 0 Å². The van der Waals surface area contributed by atoms with Crippen molar-refractivity contribution in [1.29, 1.82) is 0 Å². The molecule has 0 bridgehead atoms. The summed E-state index contributed by atoms with van der Waals surface area (Å²) in [5.74, 6) is 0.158. The molecule has 0 amide bonds. The van der Waals surface area contributed by atoms with Crippen LogP contribution in [0.4, 0.5) is 0 Å². The Morgan fingerprint density at radius 3 is 2.47 bits per heavy atom. The highest BCUT2D eigenvalue weighted by Gasteiger charge is 2.09. The van der Waals surface area contributed by atoms with E-state index in [0.717, 1.165) is 23.7 Å². The molecule has 1 aromatic rings. The standard InChI is InChI=1S/C12H18BrNO2S/c13-9-4-5-10-14-17(15,16)11-8-12-6-2-1-3-7-12/h1-3,6-7,14H,4-5,8-11H2. The molecule has 0 saturated carbocycles. The zero-order valence-electron chi connectivity index (χ0n) is 9.73. The largest absolute Gasteiger partial charge is 0.215 e. The predicted molar refractivity (Wildman–Crippen MR) is 75.0 cm³/mol. The molecule has 0 aliphatic rings. The molecule has 0 spiro atoms. The van der Waals surface area contributed by atoms with Gasteiger partial charge in [0.1, 0.15) is 0 Å². The molecular weight excluding hydrogens is 302 g/mol. The molecule has 0 radical (unpaired) electrons. The first kappa shape index (κ1) is 14.7. The van der Waals surface area contributed by atoms with Gasteiger partial charge in [0.25, 0.3) is 0 Å². The van der Waals surface area contributed by atoms with Crippen molar-refractivity contribution in [3.8, 4) is 0 Å². The second kappa shape index (κ2) is 7.84. The van der Waals surface area contributed by atoms with Crippen molar-refractivity contribution in [2.45, 2.75) is 19.3 Å². The third-order valence-electron chi connectivity index (χ3n) is 2.38. The topological polar surface area (TPSA) is 46.2 Å². The molecule has 0 heterocycles. The summed E-state index contributed by atoms with van der Waals surface area (Å²) < 4.78 is 25.9. The fourth-order valence-corrected chi connectivity index (χ4v) is 2.92. The summed E-state index contributed by atoms with van der Waals surface area (Å²) in [5, 5.41) is 0.915. The van der Waals surface area contributed by atoms with Gasteiger partial charge in [-0.25, -0.2) is 13.1 Å². The highest BCUT2D eigenvalue weighted by atomic mass is 79.9. The van der Waals surface area contributed by atoms with Crippen LogP contribution in [0, 0.1) is 0 Å². The van der Waals surface area contributed by atoms with E-state index in [1.165, 1.54) is 0 Å². The quantitative estimate of drug-likeness (QED) is 0.590. The predicted octanol–water partition coefficient (Wildman–Crippen LogP) is 2.32. The smallest absolute Gasteiger partial charge is 0.211 e. The summed E-state index contributed by atoms with van der Waals surface area (Å²) >= 11 is 3.31. The zero-order chi connectivity index (χ0) is 12.6. The van der Waals surface area contributed by atoms with E-state index in [0.29, 0.717) is 13.0 Å². The summed E-state index contributed by atoms with van der Waals surface area (Å²) in [6.07, 6.45) is 2.42. The minimum absolute atomic E-state index is 0.158. The van der Waals surface area contributed by atoms with Crippen LogP contribution in [0.1, 0.15) is 18.4 Å². The van der Waals surface area contributed by atoms with Gasteiger partial charge in [0, 0.05) is 11.9 Å². The number of alkyl halides is 1. The number of nitrogens with one attached hydrogen (secondary N) is 1. The number of hydrogen-bond donors (Lipinski definition) is 1. The SMILES string of the molecule is O=S(=O)(CCc1ccccc1)NCCCCBr. The lowest BCUT2D eigenvalue weighted by Crippen LogP contribution is -2.28. The van der Waals surface area contributed by atoms with E-state index in [1.807, 2.05) is 30.3 Å². The Hall–Kier alpha value is -0.390. The molecular formula is C12H18BrNO2S. The summed E-state index contributed by atoms with van der Waals surface area (Å²) in [5.41, 5.74) is 1.05. The summed E-state index contributed by atoms with van der Waals surface area (Å²) in [6.45, 7) is 0.530. The number of halogens is 1. The Bertz CT molecular complexity index is 406. The van der Waals surface area contributed by atoms with Crippen LogP contribution < -0.4 is 4.72 Å². The fraction of sp³-hybridized carbons (Fsp3) is 0.500. The Balaban J connectivity index is 2.30. The summed E-state index contributed by atoms with van der Waals surface area (Å²) in [4.78, 5) is 0. The molecule has 1 rings (SSSR count). The molecule has 0 aliphatic carbocycles. The summed E-state index contributed by atoms with van der Waals surface area (Å²) in [7, 11) is -3.13. The Morgan fingerprint density at radius 2 is 1.82 bits per heavy atom. The maximum atomic E-state index is 11.6. The Morgan fingerprint density at radius 1 is 1.12 bits per heavy atom. The molecule has 0 unspecified atom stereocenters. The van der Waals surface area contributed by atoms with E-state index >= 15 is 0 Å². The van der Waals surface area contributed by atoms with Crippen molar-refractivity contribution in [2.24, 2.45) is 0 Å². The molecule has 0 aromatic heterocycles. The second-order valence-corrected chi connectivity index (χ2v) is 6.56. The van der Waals surface area contributed by atoms with Crippen LogP contribution in [0.2, 0.25) is 0 Å². The van der Waals surface area contributed by atoms with E-state index < -0.39 is 10.0 Å². The van der Waals surface area contributed by atoms with E-state index in [9.17, 15) is 8.42 Å². The molecule has 96 valence electrons. The highest BCUT2D eigenvalue weighted by Crippen LogP contribution is 2.01. The van der Waals surface area contributed by atoms with Gasteiger partial charge in [-0.1, -0.05) is 46.3 Å². The second-order valence-electron chi connectivity index (χ2n) is 3.84. The number of rotatable bonds is 8. The van der Waals surface area contributed by atoms with Crippen molar-refractivity contribution in [3.05, 3.63) is 35.9 Å². The molecule has 0 aliphatic heterocycles. The van der Waals surface area contributed by atoms with E-state index in [2.05, 4.69) is 20.7 Å². The molecule has 5 heteroatoms. The minimum atomic E-state index is -3.13. The van der Waals surface area contributed by atoms with Crippen LogP contribution in [0.15, 0.2) is 30.3 Å². The van der Waals surface area contributed by atoms with Crippen LogP contribution in [-0.2, 0) is 16.4 Å². The number of hydrogen-bond acceptors (Lipinski definition) is 2. The van der Waals surface area contributed by atoms with Crippen molar-refractivity contribution >= 4 is 26.0 Å². The van der Waals surface area contributed by atoms with Crippen LogP contribution in [0.3, 0.4) is 0 Å². The first-order chi connectivity index (χ1) is 8.14. The van der Waals surface area contributed by atoms with Gasteiger partial charge >= 0.3 is 0 Å². The molecule has 1 aromatic carbocycles. The molecule has 3 nitrogen and oxygen atoms in total. The molecule has 0 atom stereocenters. The van der Waals surface area contributed by atoms with Gasteiger partial charge in [0.15, 0.2) is 0 Å². The van der Waals surface area contributed by atoms with Crippen LogP contribution in [-0.4, -0.2) is 26.0 Å². The van der Waals surface area contributed by atoms with Crippen LogP contribution in [0.5, 0.6) is 0 Å². The van der Waals surface area contributed by atoms with E-state index in [1.54, 1.807) is 0 Å². The molecule has 1 N–H and O–H groups in total. The van der Waals surface area contributed by atoms with Gasteiger partial charge in [-0.2, -0.15) is 0 Å². The maximum Gasteiger partial charge on any atom is 0.211 e. The number of sulfonamides is 1. The minimum Gasteiger partial charge on any atom is -0.215 e. The lowest BCUT2D eigenvalue weighted by atomic mass is 10.2. The highest BCUT2D eigenvalue weighted by molar-refractivity contribution is 9.09. The Kier molecular flexibility index (Phi) is 6.77. The van der Waals surface area contributed by atoms with Gasteiger partial charge in [0.2, 0.25) is 10.0 Å². The van der Waals surface area contributed by atoms with Gasteiger partial charge < -0.3 is 0 Å². The maximum absolute atomic E-state index is 11.6. The molecule has 0 fully saturated rings. The van der Waals surface area contributed by atoms with Gasteiger partial charge in [-0.05, 0) is 24.8 Å². The number of aryl methyl sites for hydroxylation is 1.